The first-order valence-corrected chi connectivity index (χ1v) is 5.44. The van der Waals surface area contributed by atoms with Crippen LogP contribution in [0.4, 0.5) is 0 Å². The molecular weight excluding hydrogens is 258 g/mol. The Kier molecular flexibility index (Phi) is 2.61. The number of carboxylic acid groups (broad SMARTS) is 1. The number of alkyl halides is 2. The molecule has 2 rings (SSSR count). The number of halogens is 3. The highest BCUT2D eigenvalue weighted by Gasteiger charge is 2.68. The third-order valence-corrected chi connectivity index (χ3v) is 3.74. The summed E-state index contributed by atoms with van der Waals surface area (Å²) in [4.78, 5) is 10.8. The molecule has 2 atom stereocenters. The highest BCUT2D eigenvalue weighted by molar-refractivity contribution is 6.53. The lowest BCUT2D eigenvalue weighted by Crippen LogP contribution is -2.03. The van der Waals surface area contributed by atoms with Gasteiger partial charge in [-0.1, -0.05) is 46.9 Å². The first kappa shape index (κ1) is 11.1. The van der Waals surface area contributed by atoms with Gasteiger partial charge in [-0.25, -0.2) is 0 Å². The van der Waals surface area contributed by atoms with Gasteiger partial charge in [-0.2, -0.15) is 0 Å². The number of benzene rings is 1. The number of hydrogen-bond acceptors (Lipinski definition) is 1. The van der Waals surface area contributed by atoms with Crippen LogP contribution in [0.3, 0.4) is 0 Å². The molecule has 0 heterocycles. The molecule has 0 aromatic heterocycles. The van der Waals surface area contributed by atoms with E-state index >= 15 is 0 Å². The largest absolute Gasteiger partial charge is 0.481 e. The molecule has 0 radical (unpaired) electrons. The van der Waals surface area contributed by atoms with Crippen LogP contribution in [0.15, 0.2) is 24.3 Å². The molecule has 1 fully saturated rings. The van der Waals surface area contributed by atoms with Crippen molar-refractivity contribution in [3.05, 3.63) is 34.9 Å². The minimum Gasteiger partial charge on any atom is -0.481 e. The monoisotopic (exact) mass is 264 g/mol. The van der Waals surface area contributed by atoms with Crippen molar-refractivity contribution >= 4 is 40.8 Å². The summed E-state index contributed by atoms with van der Waals surface area (Å²) in [6.45, 7) is 0. The van der Waals surface area contributed by atoms with Crippen molar-refractivity contribution in [1.82, 2.24) is 0 Å². The average molecular weight is 266 g/mol. The minimum absolute atomic E-state index is 0.351. The second kappa shape index (κ2) is 3.55. The Morgan fingerprint density at radius 1 is 1.27 bits per heavy atom. The van der Waals surface area contributed by atoms with Gasteiger partial charge in [0.15, 0.2) is 0 Å². The van der Waals surface area contributed by atoms with E-state index in [1.54, 1.807) is 24.3 Å². The lowest BCUT2D eigenvalue weighted by Gasteiger charge is -1.99. The number of aliphatic carboxylic acids is 1. The maximum absolute atomic E-state index is 10.8. The molecule has 1 saturated carbocycles. The van der Waals surface area contributed by atoms with E-state index in [1.165, 1.54) is 0 Å². The van der Waals surface area contributed by atoms with Gasteiger partial charge < -0.3 is 5.11 Å². The Bertz CT molecular complexity index is 400. The minimum atomic E-state index is -1.19. The summed E-state index contributed by atoms with van der Waals surface area (Å²) in [5.41, 5.74) is 0.803. The summed E-state index contributed by atoms with van der Waals surface area (Å²) in [7, 11) is 0. The van der Waals surface area contributed by atoms with E-state index in [4.69, 9.17) is 39.9 Å². The second-order valence-corrected chi connectivity index (χ2v) is 5.40. The lowest BCUT2D eigenvalue weighted by atomic mass is 10.1. The predicted molar refractivity (Wildman–Crippen MR) is 59.8 cm³/mol. The molecular formula is C10H7Cl3O2. The molecule has 2 unspecified atom stereocenters. The molecule has 0 aliphatic heterocycles. The van der Waals surface area contributed by atoms with Crippen molar-refractivity contribution in [1.29, 1.82) is 0 Å². The molecule has 80 valence electrons. The number of carbonyl (C=O) groups is 1. The van der Waals surface area contributed by atoms with Crippen LogP contribution in [0.5, 0.6) is 0 Å². The van der Waals surface area contributed by atoms with Gasteiger partial charge in [-0.3, -0.25) is 4.79 Å². The highest BCUT2D eigenvalue weighted by atomic mass is 35.5. The predicted octanol–water partition coefficient (Wildman–Crippen LogP) is 3.31. The van der Waals surface area contributed by atoms with Crippen molar-refractivity contribution < 1.29 is 9.90 Å². The molecule has 1 aromatic rings. The zero-order valence-corrected chi connectivity index (χ0v) is 9.72. The topological polar surface area (TPSA) is 37.3 Å². The van der Waals surface area contributed by atoms with E-state index in [0.717, 1.165) is 5.56 Å². The first-order valence-electron chi connectivity index (χ1n) is 4.30. The zero-order chi connectivity index (χ0) is 11.2. The molecule has 1 N–H and O–H groups in total. The van der Waals surface area contributed by atoms with Crippen LogP contribution in [0.25, 0.3) is 0 Å². The van der Waals surface area contributed by atoms with Gasteiger partial charge in [0.25, 0.3) is 0 Å². The van der Waals surface area contributed by atoms with Crippen molar-refractivity contribution in [2.75, 3.05) is 0 Å². The molecule has 15 heavy (non-hydrogen) atoms. The molecule has 0 amide bonds. The van der Waals surface area contributed by atoms with Gasteiger partial charge in [0.1, 0.15) is 4.33 Å². The molecule has 0 saturated heterocycles. The lowest BCUT2D eigenvalue weighted by molar-refractivity contribution is -0.138. The van der Waals surface area contributed by atoms with E-state index in [0.29, 0.717) is 5.02 Å². The maximum Gasteiger partial charge on any atom is 0.310 e. The SMILES string of the molecule is O=C(O)C1C(c2ccc(Cl)cc2)C1(Cl)Cl. The van der Waals surface area contributed by atoms with Crippen LogP contribution in [-0.4, -0.2) is 15.4 Å². The Morgan fingerprint density at radius 3 is 2.20 bits per heavy atom. The summed E-state index contributed by atoms with van der Waals surface area (Å²) >= 11 is 17.5. The molecule has 1 aromatic carbocycles. The number of rotatable bonds is 2. The van der Waals surface area contributed by atoms with Crippen molar-refractivity contribution in [2.45, 2.75) is 10.3 Å². The van der Waals surface area contributed by atoms with Crippen molar-refractivity contribution in [3.8, 4) is 0 Å². The maximum atomic E-state index is 10.8. The Balaban J connectivity index is 2.27. The fourth-order valence-corrected chi connectivity index (χ4v) is 2.66. The van der Waals surface area contributed by atoms with Gasteiger partial charge in [-0.15, -0.1) is 0 Å². The summed E-state index contributed by atoms with van der Waals surface area (Å²) < 4.78 is -1.19. The van der Waals surface area contributed by atoms with Crippen molar-refractivity contribution in [3.63, 3.8) is 0 Å². The van der Waals surface area contributed by atoms with Crippen LogP contribution in [0.2, 0.25) is 5.02 Å². The standard InChI is InChI=1S/C10H7Cl3O2/c11-6-3-1-5(2-4-6)7-8(9(14)15)10(7,12)13/h1-4,7-8H,(H,14,15). The van der Waals surface area contributed by atoms with Gasteiger partial charge in [0, 0.05) is 10.9 Å². The van der Waals surface area contributed by atoms with Gasteiger partial charge >= 0.3 is 5.97 Å². The van der Waals surface area contributed by atoms with Crippen LogP contribution in [0, 0.1) is 5.92 Å². The molecule has 2 nitrogen and oxygen atoms in total. The van der Waals surface area contributed by atoms with E-state index in [2.05, 4.69) is 0 Å². The highest BCUT2D eigenvalue weighted by Crippen LogP contribution is 2.64. The van der Waals surface area contributed by atoms with E-state index in [1.807, 2.05) is 0 Å². The molecule has 0 spiro atoms. The van der Waals surface area contributed by atoms with E-state index < -0.39 is 16.2 Å². The zero-order valence-electron chi connectivity index (χ0n) is 7.45. The fraction of sp³-hybridized carbons (Fsp3) is 0.300. The van der Waals surface area contributed by atoms with E-state index in [9.17, 15) is 4.79 Å². The van der Waals surface area contributed by atoms with Crippen LogP contribution in [-0.2, 0) is 4.79 Å². The normalized spacial score (nSPS) is 27.4. The number of hydrogen-bond donors (Lipinski definition) is 1. The summed E-state index contributed by atoms with van der Waals surface area (Å²) in [6, 6.07) is 6.88. The Labute approximate surface area is 102 Å². The van der Waals surface area contributed by atoms with Gasteiger partial charge in [0.05, 0.1) is 5.92 Å². The molecule has 0 bridgehead atoms. The second-order valence-electron chi connectivity index (χ2n) is 3.52. The van der Waals surface area contributed by atoms with Crippen LogP contribution in [0.1, 0.15) is 11.5 Å². The number of carboxylic acids is 1. The third kappa shape index (κ3) is 1.82. The molecule has 5 heteroatoms. The van der Waals surface area contributed by atoms with Crippen molar-refractivity contribution in [2.24, 2.45) is 5.92 Å². The van der Waals surface area contributed by atoms with E-state index in [-0.39, 0.29) is 5.92 Å². The summed E-state index contributed by atoms with van der Waals surface area (Å²) in [5.74, 6) is -2.06. The van der Waals surface area contributed by atoms with Gasteiger partial charge in [-0.05, 0) is 17.7 Å². The van der Waals surface area contributed by atoms with Gasteiger partial charge in [0.2, 0.25) is 0 Å². The summed E-state index contributed by atoms with van der Waals surface area (Å²) in [5, 5.41) is 9.48. The van der Waals surface area contributed by atoms with Crippen LogP contribution < -0.4 is 0 Å². The third-order valence-electron chi connectivity index (χ3n) is 2.55. The molecule has 1 aliphatic carbocycles. The Morgan fingerprint density at radius 2 is 1.80 bits per heavy atom. The smallest absolute Gasteiger partial charge is 0.310 e. The molecule has 1 aliphatic rings. The average Bonchev–Trinajstić information content (AvgIpc) is 2.70. The summed E-state index contributed by atoms with van der Waals surface area (Å²) in [6.07, 6.45) is 0. The fourth-order valence-electron chi connectivity index (χ4n) is 1.72. The first-order chi connectivity index (χ1) is 6.94. The Hall–Kier alpha value is -0.440. The van der Waals surface area contributed by atoms with Crippen LogP contribution >= 0.6 is 34.8 Å². The quantitative estimate of drug-likeness (QED) is 0.833.